The molecule has 1 unspecified atom stereocenters. The van der Waals surface area contributed by atoms with Gasteiger partial charge in [-0.15, -0.1) is 11.3 Å². The highest BCUT2D eigenvalue weighted by Gasteiger charge is 2.06. The van der Waals surface area contributed by atoms with Crippen LogP contribution in [0.25, 0.3) is 0 Å². The van der Waals surface area contributed by atoms with E-state index in [0.29, 0.717) is 6.61 Å². The van der Waals surface area contributed by atoms with Crippen LogP contribution < -0.4 is 0 Å². The Balaban J connectivity index is 1.91. The lowest BCUT2D eigenvalue weighted by atomic mass is 10.1. The molecule has 16 heavy (non-hydrogen) atoms. The van der Waals surface area contributed by atoms with Gasteiger partial charge in [0.25, 0.3) is 0 Å². The second kappa shape index (κ2) is 5.62. The van der Waals surface area contributed by atoms with E-state index in [9.17, 15) is 0 Å². The van der Waals surface area contributed by atoms with Gasteiger partial charge in [0.2, 0.25) is 0 Å². The van der Waals surface area contributed by atoms with Crippen LogP contribution in [0.5, 0.6) is 0 Å². The maximum Gasteiger partial charge on any atom is 0.0817 e. The molecule has 0 aliphatic heterocycles. The van der Waals surface area contributed by atoms with Crippen molar-refractivity contribution in [3.63, 3.8) is 0 Å². The zero-order chi connectivity index (χ0) is 11.4. The summed E-state index contributed by atoms with van der Waals surface area (Å²) in [5, 5.41) is 2.08. The second-order valence-corrected chi connectivity index (χ2v) is 5.51. The third kappa shape index (κ3) is 3.17. The molecule has 1 nitrogen and oxygen atoms in total. The molecule has 3 heteroatoms. The number of hydrogen-bond donors (Lipinski definition) is 0. The Morgan fingerprint density at radius 2 is 2.06 bits per heavy atom. The van der Waals surface area contributed by atoms with Gasteiger partial charge in [-0.1, -0.05) is 30.3 Å². The van der Waals surface area contributed by atoms with Gasteiger partial charge in [-0.3, -0.25) is 0 Å². The number of rotatable bonds is 4. The predicted molar refractivity (Wildman–Crippen MR) is 71.7 cm³/mol. The molecule has 0 fully saturated rings. The molecular formula is C13H13BrOS. The Hall–Kier alpha value is -0.640. The summed E-state index contributed by atoms with van der Waals surface area (Å²) in [5.41, 5.74) is 1.22. The van der Waals surface area contributed by atoms with Gasteiger partial charge in [0.15, 0.2) is 0 Å². The smallest absolute Gasteiger partial charge is 0.0817 e. The molecule has 2 aromatic rings. The van der Waals surface area contributed by atoms with Gasteiger partial charge in [0.1, 0.15) is 0 Å². The monoisotopic (exact) mass is 296 g/mol. The van der Waals surface area contributed by atoms with Crippen molar-refractivity contribution in [2.45, 2.75) is 19.6 Å². The van der Waals surface area contributed by atoms with E-state index in [-0.39, 0.29) is 6.10 Å². The molecule has 0 aliphatic carbocycles. The molecule has 2 rings (SSSR count). The van der Waals surface area contributed by atoms with Crippen LogP contribution in [0, 0.1) is 0 Å². The van der Waals surface area contributed by atoms with Gasteiger partial charge in [-0.05, 0) is 34.5 Å². The largest absolute Gasteiger partial charge is 0.368 e. The summed E-state index contributed by atoms with van der Waals surface area (Å²) in [6.45, 7) is 2.75. The Morgan fingerprint density at radius 1 is 1.31 bits per heavy atom. The average Bonchev–Trinajstić information content (AvgIpc) is 2.73. The molecule has 1 heterocycles. The Kier molecular flexibility index (Phi) is 4.16. The summed E-state index contributed by atoms with van der Waals surface area (Å²) in [7, 11) is 0. The third-order valence-corrected chi connectivity index (χ3v) is 4.04. The molecule has 0 spiro atoms. The maximum atomic E-state index is 5.82. The highest BCUT2D eigenvalue weighted by atomic mass is 79.9. The van der Waals surface area contributed by atoms with Crippen molar-refractivity contribution in [3.05, 3.63) is 56.7 Å². The van der Waals surface area contributed by atoms with Crippen LogP contribution in [-0.2, 0) is 11.3 Å². The van der Waals surface area contributed by atoms with E-state index in [1.807, 2.05) is 18.2 Å². The summed E-state index contributed by atoms with van der Waals surface area (Å²) in [5.74, 6) is 0. The average molecular weight is 297 g/mol. The molecule has 0 saturated heterocycles. The number of halogens is 1. The van der Waals surface area contributed by atoms with E-state index >= 15 is 0 Å². The third-order valence-electron chi connectivity index (χ3n) is 2.37. The van der Waals surface area contributed by atoms with Gasteiger partial charge < -0.3 is 4.74 Å². The van der Waals surface area contributed by atoms with Crippen molar-refractivity contribution in [1.82, 2.24) is 0 Å². The fraction of sp³-hybridized carbons (Fsp3) is 0.231. The van der Waals surface area contributed by atoms with Crippen LogP contribution in [0.3, 0.4) is 0 Å². The molecule has 0 saturated carbocycles. The molecule has 84 valence electrons. The first-order valence-electron chi connectivity index (χ1n) is 5.15. The number of hydrogen-bond acceptors (Lipinski definition) is 2. The fourth-order valence-corrected chi connectivity index (χ4v) is 2.83. The number of ether oxygens (including phenoxy) is 1. The van der Waals surface area contributed by atoms with Gasteiger partial charge in [0, 0.05) is 14.7 Å². The molecule has 0 N–H and O–H groups in total. The Morgan fingerprint density at radius 3 is 2.69 bits per heavy atom. The molecular weight excluding hydrogens is 284 g/mol. The zero-order valence-electron chi connectivity index (χ0n) is 9.02. The van der Waals surface area contributed by atoms with Crippen molar-refractivity contribution in [3.8, 4) is 0 Å². The molecule has 1 atom stereocenters. The minimum atomic E-state index is 0.141. The maximum absolute atomic E-state index is 5.82. The zero-order valence-corrected chi connectivity index (χ0v) is 11.4. The van der Waals surface area contributed by atoms with E-state index in [1.54, 1.807) is 11.3 Å². The lowest BCUT2D eigenvalue weighted by molar-refractivity contribution is 0.0542. The lowest BCUT2D eigenvalue weighted by Gasteiger charge is -2.12. The number of benzene rings is 1. The van der Waals surface area contributed by atoms with Gasteiger partial charge in [0.05, 0.1) is 12.7 Å². The van der Waals surface area contributed by atoms with Gasteiger partial charge >= 0.3 is 0 Å². The molecule has 1 aromatic heterocycles. The summed E-state index contributed by atoms with van der Waals surface area (Å²) >= 11 is 5.15. The topological polar surface area (TPSA) is 9.23 Å². The van der Waals surface area contributed by atoms with Crippen LogP contribution in [0.4, 0.5) is 0 Å². The SMILES string of the molecule is CC(OCc1cc(Br)cs1)c1ccccc1. The summed E-state index contributed by atoms with van der Waals surface area (Å²) in [6.07, 6.45) is 0.141. The van der Waals surface area contributed by atoms with Crippen LogP contribution in [-0.4, -0.2) is 0 Å². The Bertz CT molecular complexity index is 438. The van der Waals surface area contributed by atoms with E-state index in [2.05, 4.69) is 46.4 Å². The highest BCUT2D eigenvalue weighted by molar-refractivity contribution is 9.10. The standard InChI is InChI=1S/C13H13BrOS/c1-10(11-5-3-2-4-6-11)15-8-13-7-12(14)9-16-13/h2-7,9-10H,8H2,1H3. The van der Waals surface area contributed by atoms with Crippen LogP contribution in [0.15, 0.2) is 46.3 Å². The minimum Gasteiger partial charge on any atom is -0.368 e. The minimum absolute atomic E-state index is 0.141. The lowest BCUT2D eigenvalue weighted by Crippen LogP contribution is -1.98. The Labute approximate surface area is 108 Å². The van der Waals surface area contributed by atoms with Crippen molar-refractivity contribution in [2.24, 2.45) is 0 Å². The van der Waals surface area contributed by atoms with Gasteiger partial charge in [-0.2, -0.15) is 0 Å². The van der Waals surface area contributed by atoms with Crippen molar-refractivity contribution < 1.29 is 4.74 Å². The molecule has 1 aromatic carbocycles. The first kappa shape index (κ1) is 11.8. The summed E-state index contributed by atoms with van der Waals surface area (Å²) in [4.78, 5) is 1.25. The summed E-state index contributed by atoms with van der Waals surface area (Å²) < 4.78 is 6.95. The normalized spacial score (nSPS) is 12.6. The van der Waals surface area contributed by atoms with Gasteiger partial charge in [-0.25, -0.2) is 0 Å². The second-order valence-electron chi connectivity index (χ2n) is 3.60. The predicted octanol–water partition coefficient (Wildman–Crippen LogP) is 4.79. The quantitative estimate of drug-likeness (QED) is 0.788. The van der Waals surface area contributed by atoms with E-state index in [4.69, 9.17) is 4.74 Å². The first-order chi connectivity index (χ1) is 7.75. The van der Waals surface area contributed by atoms with E-state index in [0.717, 1.165) is 4.47 Å². The molecule has 0 bridgehead atoms. The van der Waals surface area contributed by atoms with Crippen LogP contribution in [0.1, 0.15) is 23.5 Å². The van der Waals surface area contributed by atoms with Crippen LogP contribution in [0.2, 0.25) is 0 Å². The highest BCUT2D eigenvalue weighted by Crippen LogP contribution is 2.23. The number of thiophene rings is 1. The molecule has 0 radical (unpaired) electrons. The molecule has 0 aliphatic rings. The first-order valence-corrected chi connectivity index (χ1v) is 6.82. The fourth-order valence-electron chi connectivity index (χ4n) is 1.46. The summed E-state index contributed by atoms with van der Waals surface area (Å²) in [6, 6.07) is 12.4. The van der Waals surface area contributed by atoms with E-state index in [1.165, 1.54) is 10.4 Å². The van der Waals surface area contributed by atoms with E-state index < -0.39 is 0 Å². The van der Waals surface area contributed by atoms with Crippen molar-refractivity contribution in [2.75, 3.05) is 0 Å². The van der Waals surface area contributed by atoms with Crippen LogP contribution >= 0.6 is 27.3 Å². The van der Waals surface area contributed by atoms with Crippen molar-refractivity contribution in [1.29, 1.82) is 0 Å². The molecule has 0 amide bonds. The van der Waals surface area contributed by atoms with Crippen molar-refractivity contribution >= 4 is 27.3 Å².